The van der Waals surface area contributed by atoms with E-state index in [-0.39, 0.29) is 5.97 Å². The summed E-state index contributed by atoms with van der Waals surface area (Å²) >= 11 is 0. The number of carbonyl (C=O) groups excluding carboxylic acids is 1. The van der Waals surface area contributed by atoms with E-state index in [9.17, 15) is 48.0 Å². The molecule has 0 spiro atoms. The Bertz CT molecular complexity index is 929. The number of alkyl halides is 6. The Balaban J connectivity index is 0. The van der Waals surface area contributed by atoms with Crippen molar-refractivity contribution in [2.45, 2.75) is 62.5 Å². The Hall–Kier alpha value is -1.07. The SMILES string of the molecule is CCCCCC[N+](C)(C)CCOC(=O)CCNCCC[Si](OC)(OC)OC.O=S(=O)([N-]S(=O)(=O)C(F)(F)F)C(F)(F)F. The van der Waals surface area contributed by atoms with Crippen LogP contribution in [0.3, 0.4) is 0 Å². The first kappa shape index (κ1) is 43.1. The molecule has 0 aromatic carbocycles. The van der Waals surface area contributed by atoms with Crippen molar-refractivity contribution in [3.63, 3.8) is 0 Å². The molecular weight excluding hydrogens is 644 g/mol. The second-order valence-electron chi connectivity index (χ2n) is 9.48. The highest BCUT2D eigenvalue weighted by Gasteiger charge is 2.47. The number of nitrogens with zero attached hydrogens (tertiary/aromatic N) is 2. The molecule has 0 aromatic heterocycles. The van der Waals surface area contributed by atoms with E-state index in [0.717, 1.165) is 40.7 Å². The largest absolute Gasteiger partial charge is 0.500 e. The molecule has 0 saturated heterocycles. The summed E-state index contributed by atoms with van der Waals surface area (Å²) in [5.41, 5.74) is -12.4. The van der Waals surface area contributed by atoms with Crippen LogP contribution in [0.5, 0.6) is 0 Å². The van der Waals surface area contributed by atoms with Crippen molar-refractivity contribution in [3.8, 4) is 0 Å². The smallest absolute Gasteiger partial charge is 0.460 e. The number of unbranched alkanes of at least 4 members (excludes halogenated alkanes) is 3. The van der Waals surface area contributed by atoms with E-state index in [1.807, 2.05) is 0 Å². The molecule has 21 heteroatoms. The number of halogens is 6. The lowest BCUT2D eigenvalue weighted by Gasteiger charge is -2.29. The molecular formula is C21H43F6N3O9S2Si. The van der Waals surface area contributed by atoms with Crippen molar-refractivity contribution in [2.24, 2.45) is 0 Å². The van der Waals surface area contributed by atoms with E-state index < -0.39 is 39.9 Å². The van der Waals surface area contributed by atoms with Gasteiger partial charge in [0.15, 0.2) is 20.0 Å². The molecule has 0 radical (unpaired) electrons. The Morgan fingerprint density at radius 1 is 0.810 bits per heavy atom. The summed E-state index contributed by atoms with van der Waals surface area (Å²) in [7, 11) is -6.67. The minimum absolute atomic E-state index is 0.136. The number of ether oxygens (including phenoxy) is 1. The second kappa shape index (κ2) is 19.3. The number of rotatable bonds is 20. The van der Waals surface area contributed by atoms with Crippen molar-refractivity contribution >= 4 is 34.8 Å². The minimum Gasteiger partial charge on any atom is -0.460 e. The molecule has 0 rings (SSSR count). The van der Waals surface area contributed by atoms with Gasteiger partial charge >= 0.3 is 25.8 Å². The number of hydrogen-bond acceptors (Lipinski definition) is 10. The first-order chi connectivity index (χ1) is 19.1. The topological polar surface area (TPSA) is 148 Å². The van der Waals surface area contributed by atoms with Crippen LogP contribution in [0, 0.1) is 0 Å². The number of sulfonamides is 2. The van der Waals surface area contributed by atoms with Gasteiger partial charge in [-0.15, -0.1) is 0 Å². The molecule has 0 heterocycles. The van der Waals surface area contributed by atoms with Gasteiger partial charge in [0.25, 0.3) is 0 Å². The van der Waals surface area contributed by atoms with Gasteiger partial charge < -0.3 is 31.9 Å². The molecule has 254 valence electrons. The lowest BCUT2D eigenvalue weighted by atomic mass is 10.2. The molecule has 0 atom stereocenters. The molecule has 0 aliphatic carbocycles. The van der Waals surface area contributed by atoms with Crippen LogP contribution in [-0.4, -0.2) is 115 Å². The van der Waals surface area contributed by atoms with Gasteiger partial charge in [-0.05, 0) is 25.8 Å². The highest BCUT2D eigenvalue weighted by atomic mass is 32.3. The summed E-state index contributed by atoms with van der Waals surface area (Å²) < 4.78 is 132. The number of likely N-dealkylation sites (N-methyl/N-ethyl adjacent to an activating group) is 1. The summed E-state index contributed by atoms with van der Waals surface area (Å²) in [6.07, 6.45) is 6.34. The average Bonchev–Trinajstić information content (AvgIpc) is 2.85. The first-order valence-corrected chi connectivity index (χ1v) is 17.6. The predicted molar refractivity (Wildman–Crippen MR) is 144 cm³/mol. The molecule has 1 N–H and O–H groups in total. The van der Waals surface area contributed by atoms with E-state index in [4.69, 9.17) is 18.0 Å². The van der Waals surface area contributed by atoms with Gasteiger partial charge in [-0.2, -0.15) is 26.3 Å². The summed E-state index contributed by atoms with van der Waals surface area (Å²) in [5.74, 6) is -0.136. The summed E-state index contributed by atoms with van der Waals surface area (Å²) in [4.78, 5) is 11.8. The highest BCUT2D eigenvalue weighted by molar-refractivity contribution is 8.13. The van der Waals surface area contributed by atoms with Crippen LogP contribution in [0.15, 0.2) is 0 Å². The van der Waals surface area contributed by atoms with Crippen molar-refractivity contribution in [2.75, 3.05) is 68.2 Å². The van der Waals surface area contributed by atoms with E-state index in [2.05, 4.69) is 26.3 Å². The third-order valence-electron chi connectivity index (χ3n) is 5.63. The van der Waals surface area contributed by atoms with Gasteiger partial charge in [0.2, 0.25) is 0 Å². The molecule has 0 saturated carbocycles. The van der Waals surface area contributed by atoms with Crippen LogP contribution in [-0.2, 0) is 42.9 Å². The highest BCUT2D eigenvalue weighted by Crippen LogP contribution is 2.36. The molecule has 42 heavy (non-hydrogen) atoms. The van der Waals surface area contributed by atoms with Gasteiger partial charge in [-0.3, -0.25) is 4.79 Å². The van der Waals surface area contributed by atoms with Crippen molar-refractivity contribution < 1.29 is 70.5 Å². The molecule has 0 unspecified atom stereocenters. The number of nitrogens with one attached hydrogen (secondary N) is 1. The van der Waals surface area contributed by atoms with Crippen molar-refractivity contribution in [1.82, 2.24) is 5.32 Å². The van der Waals surface area contributed by atoms with Crippen LogP contribution in [0.2, 0.25) is 6.04 Å². The fourth-order valence-corrected chi connectivity index (χ4v) is 6.50. The van der Waals surface area contributed by atoms with E-state index >= 15 is 0 Å². The molecule has 0 fully saturated rings. The number of quaternary nitrogens is 1. The molecule has 0 aliphatic heterocycles. The molecule has 0 bridgehead atoms. The molecule has 0 amide bonds. The van der Waals surface area contributed by atoms with Crippen LogP contribution in [0.25, 0.3) is 4.13 Å². The molecule has 0 aliphatic rings. The van der Waals surface area contributed by atoms with Gasteiger partial charge in [0.05, 0.1) is 27.1 Å². The summed E-state index contributed by atoms with van der Waals surface area (Å²) in [5, 5.41) is 3.26. The summed E-state index contributed by atoms with van der Waals surface area (Å²) in [6.45, 7) is 6.12. The van der Waals surface area contributed by atoms with Crippen molar-refractivity contribution in [3.05, 3.63) is 4.13 Å². The zero-order valence-electron chi connectivity index (χ0n) is 24.6. The maximum absolute atomic E-state index is 11.8. The maximum atomic E-state index is 11.8. The standard InChI is InChI=1S/C19H43N2O5Si.C2F6NO4S2/c1-7-8-9-10-15-21(2,3)16-17-26-19(22)12-14-20-13-11-18-27(23-4,24-5)25-6;3-1(4,5)14(10,11)9-15(12,13)2(6,7)8/h20H,7-18H2,1-6H3;/q+1;-1. The van der Waals surface area contributed by atoms with E-state index in [1.54, 1.807) is 21.3 Å². The van der Waals surface area contributed by atoms with Crippen LogP contribution in [0.1, 0.15) is 45.4 Å². The lowest BCUT2D eigenvalue weighted by Crippen LogP contribution is -2.43. The Morgan fingerprint density at radius 2 is 1.31 bits per heavy atom. The van der Waals surface area contributed by atoms with Gasteiger partial charge in [0, 0.05) is 33.9 Å². The van der Waals surface area contributed by atoms with Gasteiger partial charge in [-0.25, -0.2) is 16.8 Å². The van der Waals surface area contributed by atoms with Crippen LogP contribution >= 0.6 is 0 Å². The zero-order chi connectivity index (χ0) is 33.3. The third kappa shape index (κ3) is 17.9. The zero-order valence-corrected chi connectivity index (χ0v) is 27.3. The Kier molecular flexibility index (Phi) is 19.8. The fourth-order valence-electron chi connectivity index (χ4n) is 3.07. The van der Waals surface area contributed by atoms with E-state index in [1.165, 1.54) is 25.7 Å². The second-order valence-corrected chi connectivity index (χ2v) is 16.0. The molecule has 12 nitrogen and oxygen atoms in total. The first-order valence-electron chi connectivity index (χ1n) is 12.8. The lowest BCUT2D eigenvalue weighted by molar-refractivity contribution is -0.890. The Labute approximate surface area is 245 Å². The predicted octanol–water partition coefficient (Wildman–Crippen LogP) is 3.49. The van der Waals surface area contributed by atoms with Gasteiger partial charge in [-0.1, -0.05) is 19.8 Å². The van der Waals surface area contributed by atoms with Crippen molar-refractivity contribution in [1.29, 1.82) is 0 Å². The van der Waals surface area contributed by atoms with Gasteiger partial charge in [0.1, 0.15) is 13.2 Å². The third-order valence-corrected chi connectivity index (χ3v) is 11.2. The van der Waals surface area contributed by atoms with E-state index in [0.29, 0.717) is 19.6 Å². The maximum Gasteiger partial charge on any atom is 0.500 e. The number of esters is 1. The molecule has 0 aromatic rings. The normalized spacial score (nSPS) is 13.4. The Morgan fingerprint density at radius 3 is 1.74 bits per heavy atom. The number of carbonyl (C=O) groups is 1. The quantitative estimate of drug-likeness (QED) is 0.0663. The minimum atomic E-state index is -6.72. The number of hydrogen-bond donors (Lipinski definition) is 1. The van der Waals surface area contributed by atoms with Crippen LogP contribution < -0.4 is 5.32 Å². The summed E-state index contributed by atoms with van der Waals surface area (Å²) in [6, 6.07) is 0.749. The van der Waals surface area contributed by atoms with Crippen LogP contribution in [0.4, 0.5) is 26.3 Å². The monoisotopic (exact) mass is 687 g/mol. The average molecular weight is 688 g/mol. The fraction of sp³-hybridized carbons (Fsp3) is 0.952.